The summed E-state index contributed by atoms with van der Waals surface area (Å²) < 4.78 is 5.96. The lowest BCUT2D eigenvalue weighted by Crippen LogP contribution is -2.40. The average Bonchev–Trinajstić information content (AvgIpc) is 3.11. The summed E-state index contributed by atoms with van der Waals surface area (Å²) in [5.74, 6) is 1.52. The second-order valence-electron chi connectivity index (χ2n) is 7.35. The number of benzene rings is 1. The van der Waals surface area contributed by atoms with Crippen LogP contribution in [0.4, 0.5) is 0 Å². The number of rotatable bonds is 4. The van der Waals surface area contributed by atoms with Crippen molar-refractivity contribution < 1.29 is 9.21 Å². The van der Waals surface area contributed by atoms with Gasteiger partial charge in [-0.2, -0.15) is 0 Å². The predicted octanol–water partition coefficient (Wildman–Crippen LogP) is 3.41. The molecule has 5 heteroatoms. The molecule has 2 saturated heterocycles. The third-order valence-electron chi connectivity index (χ3n) is 5.52. The third kappa shape index (κ3) is 3.87. The van der Waals surface area contributed by atoms with Crippen molar-refractivity contribution in [2.45, 2.75) is 44.4 Å². The van der Waals surface area contributed by atoms with E-state index >= 15 is 0 Å². The molecule has 2 aliphatic rings. The van der Waals surface area contributed by atoms with Gasteiger partial charge < -0.3 is 14.2 Å². The van der Waals surface area contributed by atoms with Crippen LogP contribution in [-0.4, -0.2) is 53.4 Å². The molecule has 1 aromatic carbocycles. The minimum Gasteiger partial charge on any atom is -0.440 e. The smallest absolute Gasteiger partial charge is 0.223 e. The number of piperidine rings is 2. The summed E-state index contributed by atoms with van der Waals surface area (Å²) in [6.45, 7) is 4.77. The number of carbonyl (C=O) groups is 1. The molecular weight excluding hydrogens is 314 g/mol. The summed E-state index contributed by atoms with van der Waals surface area (Å²) in [5, 5.41) is 0. The lowest BCUT2D eigenvalue weighted by atomic mass is 9.98. The highest BCUT2D eigenvalue weighted by Crippen LogP contribution is 2.29. The van der Waals surface area contributed by atoms with Gasteiger partial charge in [-0.1, -0.05) is 12.1 Å². The van der Waals surface area contributed by atoms with Crippen molar-refractivity contribution in [2.24, 2.45) is 0 Å². The van der Waals surface area contributed by atoms with Crippen LogP contribution in [0.1, 0.15) is 50.3 Å². The molecule has 2 aliphatic heterocycles. The molecular formula is C20H27N3O2. The van der Waals surface area contributed by atoms with Crippen molar-refractivity contribution in [2.75, 3.05) is 32.7 Å². The second-order valence-corrected chi connectivity index (χ2v) is 7.35. The van der Waals surface area contributed by atoms with Crippen LogP contribution in [0.3, 0.4) is 0 Å². The predicted molar refractivity (Wildman–Crippen MR) is 97.5 cm³/mol. The molecule has 1 aromatic heterocycles. The lowest BCUT2D eigenvalue weighted by molar-refractivity contribution is -0.132. The number of para-hydroxylation sites is 2. The van der Waals surface area contributed by atoms with Crippen LogP contribution >= 0.6 is 0 Å². The van der Waals surface area contributed by atoms with Crippen LogP contribution in [0.2, 0.25) is 0 Å². The number of amides is 1. The normalized spacial score (nSPS) is 22.4. The fourth-order valence-electron chi connectivity index (χ4n) is 4.08. The molecule has 0 N–H and O–H groups in total. The number of carbonyl (C=O) groups excluding carboxylic acids is 1. The molecule has 0 radical (unpaired) electrons. The van der Waals surface area contributed by atoms with Gasteiger partial charge in [0, 0.05) is 38.5 Å². The molecule has 25 heavy (non-hydrogen) atoms. The molecule has 0 bridgehead atoms. The highest BCUT2D eigenvalue weighted by atomic mass is 16.3. The highest BCUT2D eigenvalue weighted by Gasteiger charge is 2.26. The number of nitrogens with zero attached hydrogens (tertiary/aromatic N) is 3. The molecule has 4 rings (SSSR count). The van der Waals surface area contributed by atoms with Crippen LogP contribution in [-0.2, 0) is 4.79 Å². The number of fused-ring (bicyclic) bond motifs is 1. The van der Waals surface area contributed by atoms with E-state index in [9.17, 15) is 4.79 Å². The van der Waals surface area contributed by atoms with Crippen molar-refractivity contribution in [3.05, 3.63) is 30.2 Å². The summed E-state index contributed by atoms with van der Waals surface area (Å²) in [4.78, 5) is 21.5. The Labute approximate surface area is 149 Å². The first kappa shape index (κ1) is 16.6. The van der Waals surface area contributed by atoms with Gasteiger partial charge in [-0.25, -0.2) is 4.98 Å². The van der Waals surface area contributed by atoms with E-state index < -0.39 is 0 Å². The third-order valence-corrected chi connectivity index (χ3v) is 5.52. The Hall–Kier alpha value is -1.88. The highest BCUT2D eigenvalue weighted by molar-refractivity contribution is 5.76. The van der Waals surface area contributed by atoms with Crippen molar-refractivity contribution in [1.82, 2.24) is 14.8 Å². The summed E-state index contributed by atoms with van der Waals surface area (Å²) in [7, 11) is 0. The van der Waals surface area contributed by atoms with Crippen molar-refractivity contribution in [1.29, 1.82) is 0 Å². The van der Waals surface area contributed by atoms with Gasteiger partial charge in [-0.15, -0.1) is 0 Å². The van der Waals surface area contributed by atoms with E-state index in [2.05, 4.69) is 9.88 Å². The van der Waals surface area contributed by atoms with E-state index in [1.807, 2.05) is 29.2 Å². The fraction of sp³-hybridized carbons (Fsp3) is 0.600. The Morgan fingerprint density at radius 1 is 1.12 bits per heavy atom. The Balaban J connectivity index is 1.33. The first-order valence-electron chi connectivity index (χ1n) is 9.65. The number of oxazole rings is 1. The maximum absolute atomic E-state index is 12.4. The number of likely N-dealkylation sites (tertiary alicyclic amines) is 2. The van der Waals surface area contributed by atoms with Gasteiger partial charge in [0.2, 0.25) is 5.91 Å². The molecule has 2 aromatic rings. The maximum atomic E-state index is 12.4. The van der Waals surface area contributed by atoms with Crippen LogP contribution in [0.15, 0.2) is 28.7 Å². The van der Waals surface area contributed by atoms with E-state index in [1.165, 1.54) is 6.42 Å². The fourth-order valence-corrected chi connectivity index (χ4v) is 4.08. The van der Waals surface area contributed by atoms with Gasteiger partial charge in [0.1, 0.15) is 5.52 Å². The average molecular weight is 341 g/mol. The zero-order valence-electron chi connectivity index (χ0n) is 14.8. The number of hydrogen-bond donors (Lipinski definition) is 0. The monoisotopic (exact) mass is 341 g/mol. The van der Waals surface area contributed by atoms with Gasteiger partial charge >= 0.3 is 0 Å². The Bertz CT molecular complexity index is 688. The van der Waals surface area contributed by atoms with E-state index in [0.29, 0.717) is 18.2 Å². The van der Waals surface area contributed by atoms with Crippen LogP contribution in [0.5, 0.6) is 0 Å². The zero-order chi connectivity index (χ0) is 17.1. The van der Waals surface area contributed by atoms with E-state index in [4.69, 9.17) is 4.42 Å². The van der Waals surface area contributed by atoms with E-state index in [1.54, 1.807) is 0 Å². The Morgan fingerprint density at radius 3 is 2.80 bits per heavy atom. The molecule has 1 amide bonds. The zero-order valence-corrected chi connectivity index (χ0v) is 14.8. The standard InChI is InChI=1S/C20H27N3O2/c24-19(23-12-4-1-5-13-23)10-14-22-11-6-7-16(15-22)20-21-17-8-2-3-9-18(17)25-20/h2-3,8-9,16H,1,4-7,10-15H2. The molecule has 2 fully saturated rings. The van der Waals surface area contributed by atoms with Crippen molar-refractivity contribution >= 4 is 17.0 Å². The summed E-state index contributed by atoms with van der Waals surface area (Å²) in [6.07, 6.45) is 6.48. The molecule has 0 saturated carbocycles. The van der Waals surface area contributed by atoms with E-state index in [0.717, 1.165) is 75.4 Å². The topological polar surface area (TPSA) is 49.6 Å². The minimum absolute atomic E-state index is 0.323. The quantitative estimate of drug-likeness (QED) is 0.855. The molecule has 3 heterocycles. The van der Waals surface area contributed by atoms with E-state index in [-0.39, 0.29) is 0 Å². The van der Waals surface area contributed by atoms with Gasteiger partial charge in [-0.3, -0.25) is 4.79 Å². The number of hydrogen-bond acceptors (Lipinski definition) is 4. The Morgan fingerprint density at radius 2 is 1.96 bits per heavy atom. The second kappa shape index (κ2) is 7.56. The van der Waals surface area contributed by atoms with Gasteiger partial charge in [0.05, 0.1) is 0 Å². The largest absolute Gasteiger partial charge is 0.440 e. The molecule has 0 aliphatic carbocycles. The molecule has 0 spiro atoms. The molecule has 5 nitrogen and oxygen atoms in total. The summed E-state index contributed by atoms with van der Waals surface area (Å²) in [5.41, 5.74) is 1.81. The first-order chi connectivity index (χ1) is 12.3. The van der Waals surface area contributed by atoms with Crippen LogP contribution < -0.4 is 0 Å². The summed E-state index contributed by atoms with van der Waals surface area (Å²) >= 11 is 0. The van der Waals surface area contributed by atoms with Gasteiger partial charge in [0.15, 0.2) is 11.5 Å². The lowest BCUT2D eigenvalue weighted by Gasteiger charge is -2.32. The van der Waals surface area contributed by atoms with Gasteiger partial charge in [0.25, 0.3) is 0 Å². The minimum atomic E-state index is 0.323. The molecule has 1 unspecified atom stereocenters. The van der Waals surface area contributed by atoms with Gasteiger partial charge in [-0.05, 0) is 50.8 Å². The SMILES string of the molecule is O=C(CCN1CCCC(c2nc3ccccc3o2)C1)N1CCCCC1. The molecule has 1 atom stereocenters. The summed E-state index contributed by atoms with van der Waals surface area (Å²) in [6, 6.07) is 7.95. The maximum Gasteiger partial charge on any atom is 0.223 e. The van der Waals surface area contributed by atoms with Crippen LogP contribution in [0.25, 0.3) is 11.1 Å². The molecule has 134 valence electrons. The Kier molecular flexibility index (Phi) is 5.02. The number of aromatic nitrogens is 1. The van der Waals surface area contributed by atoms with Crippen LogP contribution in [0, 0.1) is 0 Å². The van der Waals surface area contributed by atoms with Crippen molar-refractivity contribution in [3.8, 4) is 0 Å². The van der Waals surface area contributed by atoms with Crippen molar-refractivity contribution in [3.63, 3.8) is 0 Å². The first-order valence-corrected chi connectivity index (χ1v) is 9.65.